The zero-order valence-electron chi connectivity index (χ0n) is 11.7. The summed E-state index contributed by atoms with van der Waals surface area (Å²) in [7, 11) is -1.15. The van der Waals surface area contributed by atoms with Gasteiger partial charge in [0.05, 0.1) is 5.75 Å². The van der Waals surface area contributed by atoms with Crippen LogP contribution in [0.4, 0.5) is 5.69 Å². The molecule has 1 aromatic heterocycles. The Kier molecular flexibility index (Phi) is 4.08. The fraction of sp³-hybridized carbons (Fsp3) is 0.385. The molecule has 0 aliphatic heterocycles. The summed E-state index contributed by atoms with van der Waals surface area (Å²) in [6.07, 6.45) is 2.87. The lowest BCUT2D eigenvalue weighted by Crippen LogP contribution is -2.25. The number of anilines is 1. The predicted molar refractivity (Wildman–Crippen MR) is 79.2 cm³/mol. The summed E-state index contributed by atoms with van der Waals surface area (Å²) in [5.41, 5.74) is 1.74. The third-order valence-electron chi connectivity index (χ3n) is 2.83. The lowest BCUT2D eigenvalue weighted by molar-refractivity contribution is 0.598. The number of nitrogens with one attached hydrogen (secondary N) is 1. The Morgan fingerprint density at radius 1 is 1.35 bits per heavy atom. The van der Waals surface area contributed by atoms with Gasteiger partial charge in [0.1, 0.15) is 16.2 Å². The molecule has 0 spiro atoms. The van der Waals surface area contributed by atoms with Gasteiger partial charge in [0.15, 0.2) is 5.82 Å². The van der Waals surface area contributed by atoms with Crippen molar-refractivity contribution in [1.82, 2.24) is 14.8 Å². The molecule has 0 saturated heterocycles. The van der Waals surface area contributed by atoms with E-state index in [4.69, 9.17) is 0 Å². The molecule has 0 saturated carbocycles. The number of para-hydroxylation sites is 1. The van der Waals surface area contributed by atoms with E-state index in [-0.39, 0.29) is 11.8 Å². The summed E-state index contributed by atoms with van der Waals surface area (Å²) >= 11 is 0. The molecule has 2 aromatic rings. The van der Waals surface area contributed by atoms with Crippen molar-refractivity contribution >= 4 is 15.5 Å². The topological polar surface area (TPSA) is 76.9 Å². The summed E-state index contributed by atoms with van der Waals surface area (Å²) in [5, 5.41) is 11.2. The first-order valence-corrected chi connectivity index (χ1v) is 8.30. The van der Waals surface area contributed by atoms with Crippen molar-refractivity contribution in [2.75, 3.05) is 17.3 Å². The summed E-state index contributed by atoms with van der Waals surface area (Å²) in [5.74, 6) is 0.819. The van der Waals surface area contributed by atoms with E-state index in [1.807, 2.05) is 42.8 Å². The van der Waals surface area contributed by atoms with E-state index in [1.54, 1.807) is 6.33 Å². The third kappa shape index (κ3) is 3.57. The summed E-state index contributed by atoms with van der Waals surface area (Å²) in [4.78, 5) is 0. The molecule has 0 amide bonds. The molecule has 0 bridgehead atoms. The van der Waals surface area contributed by atoms with Crippen LogP contribution in [0.15, 0.2) is 30.6 Å². The molecule has 1 aromatic carbocycles. The second-order valence-electron chi connectivity index (χ2n) is 4.95. The minimum absolute atomic E-state index is 0.0835. The number of hydrogen-bond donors (Lipinski definition) is 1. The van der Waals surface area contributed by atoms with Gasteiger partial charge in [-0.05, 0) is 19.1 Å². The van der Waals surface area contributed by atoms with Crippen LogP contribution in [0.5, 0.6) is 0 Å². The molecule has 1 heterocycles. The van der Waals surface area contributed by atoms with Crippen LogP contribution in [0.3, 0.4) is 0 Å². The molecule has 0 aliphatic carbocycles. The normalized spacial score (nSPS) is 13.2. The quantitative estimate of drug-likeness (QED) is 0.900. The van der Waals surface area contributed by atoms with Crippen LogP contribution in [0.2, 0.25) is 0 Å². The molecule has 6 nitrogen and oxygen atoms in total. The molecule has 7 heteroatoms. The lowest BCUT2D eigenvalue weighted by Gasteiger charge is -2.17. The van der Waals surface area contributed by atoms with Crippen LogP contribution in [-0.4, -0.2) is 41.2 Å². The maximum atomic E-state index is 11.3. The highest BCUT2D eigenvalue weighted by Crippen LogP contribution is 2.26. The van der Waals surface area contributed by atoms with Gasteiger partial charge < -0.3 is 9.88 Å². The van der Waals surface area contributed by atoms with E-state index < -0.39 is 9.84 Å². The highest BCUT2D eigenvalue weighted by molar-refractivity contribution is 7.90. The smallest absolute Gasteiger partial charge is 0.165 e. The highest BCUT2D eigenvalue weighted by Gasteiger charge is 2.14. The van der Waals surface area contributed by atoms with Crippen LogP contribution in [0, 0.1) is 0 Å². The zero-order chi connectivity index (χ0) is 14.8. The largest absolute Gasteiger partial charge is 0.381 e. The fourth-order valence-corrected chi connectivity index (χ4v) is 3.08. The van der Waals surface area contributed by atoms with Crippen LogP contribution in [0.25, 0.3) is 11.4 Å². The Morgan fingerprint density at radius 2 is 2.05 bits per heavy atom. The molecule has 0 aliphatic rings. The van der Waals surface area contributed by atoms with E-state index in [9.17, 15) is 8.42 Å². The molecule has 1 unspecified atom stereocenters. The SMILES string of the molecule is CC(CS(C)(=O)=O)Nc1ccccc1-c1nncn1C. The summed E-state index contributed by atoms with van der Waals surface area (Å²) in [6, 6.07) is 7.47. The number of nitrogens with zero attached hydrogens (tertiary/aromatic N) is 3. The van der Waals surface area contributed by atoms with Gasteiger partial charge in [0, 0.05) is 30.6 Å². The van der Waals surface area contributed by atoms with E-state index in [0.717, 1.165) is 17.1 Å². The fourth-order valence-electron chi connectivity index (χ4n) is 2.09. The van der Waals surface area contributed by atoms with E-state index in [1.165, 1.54) is 6.26 Å². The van der Waals surface area contributed by atoms with Crippen LogP contribution < -0.4 is 5.32 Å². The van der Waals surface area contributed by atoms with Crippen LogP contribution in [0.1, 0.15) is 6.92 Å². The van der Waals surface area contributed by atoms with E-state index >= 15 is 0 Å². The Bertz CT molecular complexity index is 694. The molecule has 0 radical (unpaired) electrons. The Balaban J connectivity index is 2.28. The van der Waals surface area contributed by atoms with Crippen molar-refractivity contribution in [3.63, 3.8) is 0 Å². The van der Waals surface area contributed by atoms with Gasteiger partial charge in [0.2, 0.25) is 0 Å². The van der Waals surface area contributed by atoms with Crippen molar-refractivity contribution in [2.24, 2.45) is 7.05 Å². The Labute approximate surface area is 118 Å². The highest BCUT2D eigenvalue weighted by atomic mass is 32.2. The second-order valence-corrected chi connectivity index (χ2v) is 7.13. The zero-order valence-corrected chi connectivity index (χ0v) is 12.6. The second kappa shape index (κ2) is 5.62. The van der Waals surface area contributed by atoms with Gasteiger partial charge in [-0.2, -0.15) is 0 Å². The number of rotatable bonds is 5. The standard InChI is InChI=1S/C13H18N4O2S/c1-10(8-20(3,18)19)15-12-7-5-4-6-11(12)13-16-14-9-17(13)2/h4-7,9-10,15H,8H2,1-3H3. The van der Waals surface area contributed by atoms with Crippen molar-refractivity contribution in [3.05, 3.63) is 30.6 Å². The number of aromatic nitrogens is 3. The molecule has 0 fully saturated rings. The van der Waals surface area contributed by atoms with E-state index in [0.29, 0.717) is 0 Å². The van der Waals surface area contributed by atoms with Gasteiger partial charge in [-0.3, -0.25) is 0 Å². The first-order chi connectivity index (χ1) is 9.37. The molecular weight excluding hydrogens is 276 g/mol. The van der Waals surface area contributed by atoms with Gasteiger partial charge in [0.25, 0.3) is 0 Å². The molecule has 108 valence electrons. The van der Waals surface area contributed by atoms with Crippen molar-refractivity contribution in [1.29, 1.82) is 0 Å². The van der Waals surface area contributed by atoms with Gasteiger partial charge in [-0.25, -0.2) is 8.42 Å². The van der Waals surface area contributed by atoms with Crippen molar-refractivity contribution < 1.29 is 8.42 Å². The molecule has 20 heavy (non-hydrogen) atoms. The van der Waals surface area contributed by atoms with Gasteiger partial charge in [-0.1, -0.05) is 12.1 Å². The monoisotopic (exact) mass is 294 g/mol. The van der Waals surface area contributed by atoms with Gasteiger partial charge in [-0.15, -0.1) is 10.2 Å². The van der Waals surface area contributed by atoms with Crippen molar-refractivity contribution in [2.45, 2.75) is 13.0 Å². The number of hydrogen-bond acceptors (Lipinski definition) is 5. The Morgan fingerprint density at radius 3 is 2.65 bits per heavy atom. The molecule has 1 N–H and O–H groups in total. The first kappa shape index (κ1) is 14.5. The maximum Gasteiger partial charge on any atom is 0.165 e. The third-order valence-corrected chi connectivity index (χ3v) is 3.94. The average Bonchev–Trinajstić information content (AvgIpc) is 2.73. The summed E-state index contributed by atoms with van der Waals surface area (Å²) < 4.78 is 24.5. The number of sulfone groups is 1. The Hall–Kier alpha value is -1.89. The first-order valence-electron chi connectivity index (χ1n) is 6.24. The molecular formula is C13H18N4O2S. The number of aryl methyl sites for hydroxylation is 1. The van der Waals surface area contributed by atoms with Gasteiger partial charge >= 0.3 is 0 Å². The minimum Gasteiger partial charge on any atom is -0.381 e. The molecule has 2 rings (SSSR count). The average molecular weight is 294 g/mol. The van der Waals surface area contributed by atoms with E-state index in [2.05, 4.69) is 15.5 Å². The minimum atomic E-state index is -3.01. The van der Waals surface area contributed by atoms with Crippen LogP contribution >= 0.6 is 0 Å². The number of benzene rings is 1. The van der Waals surface area contributed by atoms with Crippen molar-refractivity contribution in [3.8, 4) is 11.4 Å². The van der Waals surface area contributed by atoms with Crippen LogP contribution in [-0.2, 0) is 16.9 Å². The lowest BCUT2D eigenvalue weighted by atomic mass is 10.1. The molecule has 1 atom stereocenters. The maximum absolute atomic E-state index is 11.3. The predicted octanol–water partition coefficient (Wildman–Crippen LogP) is 1.33. The summed E-state index contributed by atoms with van der Waals surface area (Å²) in [6.45, 7) is 1.84.